The van der Waals surface area contributed by atoms with Crippen molar-refractivity contribution in [1.29, 1.82) is 0 Å². The van der Waals surface area contributed by atoms with E-state index < -0.39 is 0 Å². The van der Waals surface area contributed by atoms with Gasteiger partial charge in [0, 0.05) is 10.9 Å². The predicted octanol–water partition coefficient (Wildman–Crippen LogP) is 2.72. The first kappa shape index (κ1) is 11.2. The van der Waals surface area contributed by atoms with Crippen molar-refractivity contribution in [3.05, 3.63) is 42.3 Å². The predicted molar refractivity (Wildman–Crippen MR) is 64.4 cm³/mol. The Balaban J connectivity index is 2.02. The van der Waals surface area contributed by atoms with Gasteiger partial charge in [0.2, 0.25) is 0 Å². The van der Waals surface area contributed by atoms with Crippen LogP contribution in [0.15, 0.2) is 51.3 Å². The van der Waals surface area contributed by atoms with E-state index in [0.717, 1.165) is 11.3 Å². The zero-order valence-electron chi connectivity index (χ0n) is 9.09. The van der Waals surface area contributed by atoms with Crippen LogP contribution in [0.1, 0.15) is 12.5 Å². The second kappa shape index (κ2) is 5.18. The highest BCUT2D eigenvalue weighted by Gasteiger charge is 2.02. The molecule has 0 fully saturated rings. The maximum Gasteiger partial charge on any atom is 0.260 e. The molecule has 0 amide bonds. The average molecular weight is 234 g/mol. The summed E-state index contributed by atoms with van der Waals surface area (Å²) < 4.78 is 5.16. The minimum absolute atomic E-state index is 0.199. The summed E-state index contributed by atoms with van der Waals surface area (Å²) >= 11 is 1.51. The Hall–Kier alpha value is -1.26. The lowest BCUT2D eigenvalue weighted by Crippen LogP contribution is -2.17. The van der Waals surface area contributed by atoms with Gasteiger partial charge in [-0.2, -0.15) is 0 Å². The van der Waals surface area contributed by atoms with Crippen molar-refractivity contribution in [3.8, 4) is 0 Å². The van der Waals surface area contributed by atoms with Crippen molar-refractivity contribution in [2.75, 3.05) is 0 Å². The van der Waals surface area contributed by atoms with Crippen molar-refractivity contribution in [1.82, 2.24) is 4.98 Å². The fraction of sp³-hybridized carbons (Fsp3) is 0.250. The smallest absolute Gasteiger partial charge is 0.260 e. The zero-order chi connectivity index (χ0) is 11.4. The second-order valence-electron chi connectivity index (χ2n) is 3.73. The number of nitrogens with two attached hydrogens (primary N) is 1. The molecule has 0 saturated carbocycles. The molecular weight excluding hydrogens is 220 g/mol. The van der Waals surface area contributed by atoms with E-state index in [9.17, 15) is 0 Å². The summed E-state index contributed by atoms with van der Waals surface area (Å²) in [5.41, 5.74) is 7.00. The lowest BCUT2D eigenvalue weighted by molar-refractivity contribution is 0.454. The SMILES string of the molecule is CC(N)Cc1ccc(Sc2ncco2)cc1. The van der Waals surface area contributed by atoms with E-state index in [1.165, 1.54) is 17.3 Å². The lowest BCUT2D eigenvalue weighted by atomic mass is 10.1. The summed E-state index contributed by atoms with van der Waals surface area (Å²) in [6, 6.07) is 8.51. The maximum absolute atomic E-state index is 5.74. The van der Waals surface area contributed by atoms with Gasteiger partial charge in [-0.25, -0.2) is 4.98 Å². The normalized spacial score (nSPS) is 12.6. The standard InChI is InChI=1S/C12H14N2OS/c1-9(13)8-10-2-4-11(5-3-10)16-12-14-6-7-15-12/h2-7,9H,8,13H2,1H3. The molecule has 3 nitrogen and oxygen atoms in total. The van der Waals surface area contributed by atoms with Crippen LogP contribution < -0.4 is 5.73 Å². The first-order chi connectivity index (χ1) is 7.74. The molecule has 0 aliphatic heterocycles. The van der Waals surface area contributed by atoms with E-state index in [2.05, 4.69) is 29.2 Å². The topological polar surface area (TPSA) is 52.0 Å². The Morgan fingerprint density at radius 3 is 2.69 bits per heavy atom. The fourth-order valence-electron chi connectivity index (χ4n) is 1.43. The number of aromatic nitrogens is 1. The number of hydrogen-bond acceptors (Lipinski definition) is 4. The number of nitrogens with zero attached hydrogens (tertiary/aromatic N) is 1. The highest BCUT2D eigenvalue weighted by Crippen LogP contribution is 2.26. The molecule has 1 heterocycles. The first-order valence-electron chi connectivity index (χ1n) is 5.16. The molecule has 0 spiro atoms. The van der Waals surface area contributed by atoms with Crippen LogP contribution in [-0.4, -0.2) is 11.0 Å². The molecule has 16 heavy (non-hydrogen) atoms. The molecule has 84 valence electrons. The Bertz CT molecular complexity index is 423. The Morgan fingerprint density at radius 1 is 1.38 bits per heavy atom. The molecule has 1 unspecified atom stereocenters. The van der Waals surface area contributed by atoms with Crippen LogP contribution in [0, 0.1) is 0 Å². The molecule has 0 aliphatic carbocycles. The third-order valence-electron chi connectivity index (χ3n) is 2.10. The molecule has 2 rings (SSSR count). The van der Waals surface area contributed by atoms with Gasteiger partial charge in [-0.15, -0.1) is 0 Å². The number of oxazole rings is 1. The van der Waals surface area contributed by atoms with Gasteiger partial charge in [0.25, 0.3) is 5.22 Å². The van der Waals surface area contributed by atoms with Gasteiger partial charge in [0.05, 0.1) is 6.20 Å². The van der Waals surface area contributed by atoms with E-state index in [1.807, 2.05) is 6.92 Å². The maximum atomic E-state index is 5.74. The highest BCUT2D eigenvalue weighted by molar-refractivity contribution is 7.99. The van der Waals surface area contributed by atoms with Gasteiger partial charge in [-0.1, -0.05) is 12.1 Å². The van der Waals surface area contributed by atoms with Gasteiger partial charge >= 0.3 is 0 Å². The molecular formula is C12H14N2OS. The molecule has 0 aliphatic rings. The van der Waals surface area contributed by atoms with Crippen molar-refractivity contribution < 1.29 is 4.42 Å². The monoisotopic (exact) mass is 234 g/mol. The molecule has 4 heteroatoms. The largest absolute Gasteiger partial charge is 0.440 e. The van der Waals surface area contributed by atoms with Gasteiger partial charge in [0.1, 0.15) is 6.26 Å². The van der Waals surface area contributed by atoms with Crippen LogP contribution in [0.2, 0.25) is 0 Å². The van der Waals surface area contributed by atoms with Crippen LogP contribution in [0.4, 0.5) is 0 Å². The van der Waals surface area contributed by atoms with E-state index in [-0.39, 0.29) is 6.04 Å². The van der Waals surface area contributed by atoms with Gasteiger partial charge < -0.3 is 10.2 Å². The minimum atomic E-state index is 0.199. The van der Waals surface area contributed by atoms with E-state index in [0.29, 0.717) is 5.22 Å². The summed E-state index contributed by atoms with van der Waals surface area (Å²) in [5.74, 6) is 0. The van der Waals surface area contributed by atoms with Gasteiger partial charge in [-0.05, 0) is 42.8 Å². The summed E-state index contributed by atoms with van der Waals surface area (Å²) in [6.07, 6.45) is 4.13. The van der Waals surface area contributed by atoms with E-state index in [1.54, 1.807) is 12.5 Å². The minimum Gasteiger partial charge on any atom is -0.440 e. The Kier molecular flexibility index (Phi) is 3.64. The molecule has 1 aromatic carbocycles. The van der Waals surface area contributed by atoms with Crippen LogP contribution >= 0.6 is 11.8 Å². The van der Waals surface area contributed by atoms with Gasteiger partial charge in [-0.3, -0.25) is 0 Å². The number of hydrogen-bond donors (Lipinski definition) is 1. The number of benzene rings is 1. The quantitative estimate of drug-likeness (QED) is 0.883. The third kappa shape index (κ3) is 3.12. The molecule has 2 aromatic rings. The van der Waals surface area contributed by atoms with Crippen molar-refractivity contribution in [3.63, 3.8) is 0 Å². The molecule has 0 saturated heterocycles. The molecule has 1 aromatic heterocycles. The fourth-order valence-corrected chi connectivity index (χ4v) is 2.12. The lowest BCUT2D eigenvalue weighted by Gasteiger charge is -2.05. The number of rotatable bonds is 4. The molecule has 1 atom stereocenters. The molecule has 0 bridgehead atoms. The van der Waals surface area contributed by atoms with Crippen molar-refractivity contribution >= 4 is 11.8 Å². The van der Waals surface area contributed by atoms with Crippen LogP contribution in [0.25, 0.3) is 0 Å². The highest BCUT2D eigenvalue weighted by atomic mass is 32.2. The zero-order valence-corrected chi connectivity index (χ0v) is 9.91. The van der Waals surface area contributed by atoms with Gasteiger partial charge in [0.15, 0.2) is 0 Å². The van der Waals surface area contributed by atoms with E-state index in [4.69, 9.17) is 10.2 Å². The molecule has 2 N–H and O–H groups in total. The molecule has 0 radical (unpaired) electrons. The van der Waals surface area contributed by atoms with E-state index >= 15 is 0 Å². The Morgan fingerprint density at radius 2 is 2.12 bits per heavy atom. The average Bonchev–Trinajstić information content (AvgIpc) is 2.73. The summed E-state index contributed by atoms with van der Waals surface area (Å²) in [5, 5.41) is 0.667. The summed E-state index contributed by atoms with van der Waals surface area (Å²) in [6.45, 7) is 2.01. The summed E-state index contributed by atoms with van der Waals surface area (Å²) in [7, 11) is 0. The Labute approximate surface area is 99.1 Å². The van der Waals surface area contributed by atoms with Crippen LogP contribution in [0.5, 0.6) is 0 Å². The second-order valence-corrected chi connectivity index (χ2v) is 4.75. The third-order valence-corrected chi connectivity index (χ3v) is 2.98. The van der Waals surface area contributed by atoms with Crippen molar-refractivity contribution in [2.24, 2.45) is 5.73 Å². The van der Waals surface area contributed by atoms with Crippen molar-refractivity contribution in [2.45, 2.75) is 29.5 Å². The van der Waals surface area contributed by atoms with Crippen LogP contribution in [0.3, 0.4) is 0 Å². The summed E-state index contributed by atoms with van der Waals surface area (Å²) in [4.78, 5) is 5.18. The first-order valence-corrected chi connectivity index (χ1v) is 5.97. The van der Waals surface area contributed by atoms with Crippen LogP contribution in [-0.2, 0) is 6.42 Å².